The van der Waals surface area contributed by atoms with Crippen LogP contribution in [0.15, 0.2) is 83.1 Å². The molecule has 1 aromatic heterocycles. The van der Waals surface area contributed by atoms with E-state index in [0.29, 0.717) is 15.7 Å². The van der Waals surface area contributed by atoms with Crippen LogP contribution in [0, 0.1) is 6.92 Å². The number of benzene rings is 3. The zero-order valence-electron chi connectivity index (χ0n) is 18.6. The zero-order chi connectivity index (χ0) is 24.8. The number of carboxylic acid groups (broad SMARTS) is 1. The number of aryl methyl sites for hydroxylation is 1. The number of aromatic amines is 1. The second-order valence-corrected chi connectivity index (χ2v) is 8.92. The number of halogens is 1. The number of nitrogens with one attached hydrogen (secondary N) is 2. The maximum Gasteiger partial charge on any atom is 0.342 e. The number of aromatic carboxylic acids is 1. The van der Waals surface area contributed by atoms with Crippen molar-refractivity contribution in [2.24, 2.45) is 5.10 Å². The lowest BCUT2D eigenvalue weighted by molar-refractivity contribution is -0.625. The highest BCUT2D eigenvalue weighted by molar-refractivity contribution is 7.99. The van der Waals surface area contributed by atoms with Gasteiger partial charge in [-0.15, -0.1) is 5.10 Å². The minimum Gasteiger partial charge on any atom is -0.478 e. The Morgan fingerprint density at radius 3 is 2.43 bits per heavy atom. The summed E-state index contributed by atoms with van der Waals surface area (Å²) in [7, 11) is 0. The van der Waals surface area contributed by atoms with E-state index in [2.05, 4.69) is 20.7 Å². The molecule has 0 spiro atoms. The highest BCUT2D eigenvalue weighted by atomic mass is 35.5. The number of carbonyl (C=O) groups is 2. The summed E-state index contributed by atoms with van der Waals surface area (Å²) in [5, 5.41) is 21.6. The molecule has 1 amide bonds. The summed E-state index contributed by atoms with van der Waals surface area (Å²) < 4.78 is 1.94. The van der Waals surface area contributed by atoms with Crippen LogP contribution in [0.1, 0.15) is 21.5 Å². The van der Waals surface area contributed by atoms with Crippen LogP contribution in [-0.4, -0.2) is 39.1 Å². The third-order valence-corrected chi connectivity index (χ3v) is 6.17. The van der Waals surface area contributed by atoms with Crippen LogP contribution in [0.4, 0.5) is 0 Å². The lowest BCUT2D eigenvalue weighted by Gasteiger charge is -2.05. The number of hydrogen-bond acceptors (Lipinski definition) is 5. The minimum atomic E-state index is -1.00. The van der Waals surface area contributed by atoms with Gasteiger partial charge in [0, 0.05) is 5.02 Å². The van der Waals surface area contributed by atoms with Gasteiger partial charge in [0.2, 0.25) is 0 Å². The Kier molecular flexibility index (Phi) is 7.59. The van der Waals surface area contributed by atoms with Crippen molar-refractivity contribution >= 4 is 41.5 Å². The van der Waals surface area contributed by atoms with Crippen LogP contribution < -0.4 is 9.99 Å². The van der Waals surface area contributed by atoms with E-state index in [1.807, 2.05) is 47.9 Å². The molecular weight excluding hydrogens is 486 g/mol. The Bertz CT molecular complexity index is 1370. The standard InChI is InChI=1S/C25H20ClN5O3S/c1-16-2-6-18(7-3-16)23-29-30-25(31(23)21-12-10-20(26)11-13-21)35-15-22(32)28-27-14-17-4-8-19(9-5-17)24(33)34/h2-14H,15H2,1H3,(H2,28,32,33,34)/p+1/b27-14+. The fourth-order valence-electron chi connectivity index (χ4n) is 3.18. The van der Waals surface area contributed by atoms with Crippen molar-refractivity contribution < 1.29 is 19.3 Å². The molecule has 10 heteroatoms. The molecule has 0 saturated heterocycles. The molecule has 0 fully saturated rings. The first kappa shape index (κ1) is 24.2. The normalized spacial score (nSPS) is 11.0. The van der Waals surface area contributed by atoms with Crippen molar-refractivity contribution in [1.29, 1.82) is 0 Å². The van der Waals surface area contributed by atoms with Gasteiger partial charge in [-0.3, -0.25) is 4.79 Å². The number of aromatic nitrogens is 3. The summed E-state index contributed by atoms with van der Waals surface area (Å²) in [6, 6.07) is 21.6. The number of rotatable bonds is 8. The molecule has 0 aliphatic heterocycles. The van der Waals surface area contributed by atoms with Gasteiger partial charge in [-0.25, -0.2) is 10.2 Å². The van der Waals surface area contributed by atoms with E-state index >= 15 is 0 Å². The molecular formula is C25H21ClN5O3S+. The predicted molar refractivity (Wildman–Crippen MR) is 135 cm³/mol. The quantitative estimate of drug-likeness (QED) is 0.143. The summed E-state index contributed by atoms with van der Waals surface area (Å²) in [5.41, 5.74) is 6.28. The molecule has 0 aliphatic carbocycles. The van der Waals surface area contributed by atoms with Crippen molar-refractivity contribution in [3.8, 4) is 17.1 Å². The topological polar surface area (TPSA) is 111 Å². The largest absolute Gasteiger partial charge is 0.478 e. The maximum atomic E-state index is 12.4. The number of H-pyrrole nitrogens is 1. The predicted octanol–water partition coefficient (Wildman–Crippen LogP) is 4.26. The van der Waals surface area contributed by atoms with E-state index < -0.39 is 5.97 Å². The Labute approximate surface area is 210 Å². The van der Waals surface area contributed by atoms with Gasteiger partial charge in [0.05, 0.1) is 28.2 Å². The van der Waals surface area contributed by atoms with Gasteiger partial charge in [-0.2, -0.15) is 9.67 Å². The SMILES string of the molecule is Cc1ccc(-c2[nH]nc(SCC(=O)N/N=C/c3ccc(C(=O)O)cc3)[n+]2-c2ccc(Cl)cc2)cc1. The number of amides is 1. The summed E-state index contributed by atoms with van der Waals surface area (Å²) in [4.78, 5) is 23.3. The van der Waals surface area contributed by atoms with Crippen molar-refractivity contribution in [3.05, 3.63) is 94.5 Å². The van der Waals surface area contributed by atoms with Gasteiger partial charge < -0.3 is 5.11 Å². The van der Waals surface area contributed by atoms with E-state index in [4.69, 9.17) is 16.7 Å². The second kappa shape index (κ2) is 11.0. The van der Waals surface area contributed by atoms with Gasteiger partial charge in [-0.05, 0) is 72.8 Å². The first-order valence-corrected chi connectivity index (χ1v) is 11.9. The van der Waals surface area contributed by atoms with Gasteiger partial charge in [0.25, 0.3) is 11.7 Å². The van der Waals surface area contributed by atoms with Crippen LogP contribution in [0.2, 0.25) is 5.02 Å². The molecule has 0 bridgehead atoms. The van der Waals surface area contributed by atoms with Crippen molar-refractivity contribution in [2.45, 2.75) is 12.1 Å². The van der Waals surface area contributed by atoms with E-state index in [9.17, 15) is 9.59 Å². The van der Waals surface area contributed by atoms with E-state index in [0.717, 1.165) is 22.6 Å². The van der Waals surface area contributed by atoms with Crippen molar-refractivity contribution in [3.63, 3.8) is 0 Å². The monoisotopic (exact) mass is 506 g/mol. The molecule has 0 aliphatic rings. The lowest BCUT2D eigenvalue weighted by Crippen LogP contribution is -2.34. The third kappa shape index (κ3) is 6.14. The maximum absolute atomic E-state index is 12.4. The molecule has 0 saturated carbocycles. The Morgan fingerprint density at radius 2 is 1.77 bits per heavy atom. The number of hydrogen-bond donors (Lipinski definition) is 3. The van der Waals surface area contributed by atoms with Crippen LogP contribution in [0.5, 0.6) is 0 Å². The molecule has 0 atom stereocenters. The number of thioether (sulfide) groups is 1. The summed E-state index contributed by atoms with van der Waals surface area (Å²) in [5.74, 6) is -0.450. The average Bonchev–Trinajstić information content (AvgIpc) is 3.28. The molecule has 0 unspecified atom stereocenters. The summed E-state index contributed by atoms with van der Waals surface area (Å²) in [6.07, 6.45) is 1.45. The molecule has 4 rings (SSSR count). The third-order valence-electron chi connectivity index (χ3n) is 4.98. The Balaban J connectivity index is 1.47. The highest BCUT2D eigenvalue weighted by Crippen LogP contribution is 2.21. The van der Waals surface area contributed by atoms with Crippen molar-refractivity contribution in [2.75, 3.05) is 5.75 Å². The van der Waals surface area contributed by atoms with E-state index in [1.54, 1.807) is 24.3 Å². The lowest BCUT2D eigenvalue weighted by atomic mass is 10.1. The molecule has 35 heavy (non-hydrogen) atoms. The zero-order valence-corrected chi connectivity index (χ0v) is 20.2. The van der Waals surface area contributed by atoms with Crippen LogP contribution in [0.25, 0.3) is 17.1 Å². The minimum absolute atomic E-state index is 0.0844. The number of carboxylic acids is 1. The van der Waals surface area contributed by atoms with Gasteiger partial charge >= 0.3 is 11.1 Å². The summed E-state index contributed by atoms with van der Waals surface area (Å²) >= 11 is 7.33. The molecule has 1 heterocycles. The molecule has 0 radical (unpaired) electrons. The Hall–Kier alpha value is -3.95. The van der Waals surface area contributed by atoms with Crippen LogP contribution >= 0.6 is 23.4 Å². The number of nitrogens with zero attached hydrogens (tertiary/aromatic N) is 3. The second-order valence-electron chi connectivity index (χ2n) is 7.54. The van der Waals surface area contributed by atoms with Crippen LogP contribution in [0.3, 0.4) is 0 Å². The number of hydrazone groups is 1. The van der Waals surface area contributed by atoms with Gasteiger partial charge in [0.1, 0.15) is 5.69 Å². The molecule has 176 valence electrons. The Morgan fingerprint density at radius 1 is 1.09 bits per heavy atom. The van der Waals surface area contributed by atoms with E-state index in [1.165, 1.54) is 30.1 Å². The van der Waals surface area contributed by atoms with Gasteiger partial charge in [-0.1, -0.05) is 41.4 Å². The molecule has 3 N–H and O–H groups in total. The first-order chi connectivity index (χ1) is 16.9. The molecule has 8 nitrogen and oxygen atoms in total. The summed E-state index contributed by atoms with van der Waals surface area (Å²) in [6.45, 7) is 2.03. The first-order valence-electron chi connectivity index (χ1n) is 10.5. The fraction of sp³-hybridized carbons (Fsp3) is 0.0800. The van der Waals surface area contributed by atoms with E-state index in [-0.39, 0.29) is 17.2 Å². The molecule has 4 aromatic rings. The molecule has 3 aromatic carbocycles. The van der Waals surface area contributed by atoms with Crippen molar-refractivity contribution in [1.82, 2.24) is 15.6 Å². The van der Waals surface area contributed by atoms with Crippen LogP contribution in [-0.2, 0) is 4.79 Å². The van der Waals surface area contributed by atoms with Gasteiger partial charge in [0.15, 0.2) is 0 Å². The number of carbonyl (C=O) groups excluding carboxylic acids is 1. The fourth-order valence-corrected chi connectivity index (χ4v) is 4.07. The smallest absolute Gasteiger partial charge is 0.342 e. The average molecular weight is 507 g/mol. The highest BCUT2D eigenvalue weighted by Gasteiger charge is 2.24.